The Bertz CT molecular complexity index is 402. The van der Waals surface area contributed by atoms with E-state index in [1.165, 1.54) is 13.4 Å². The zero-order valence-corrected chi connectivity index (χ0v) is 8.91. The van der Waals surface area contributed by atoms with Crippen molar-refractivity contribution in [2.24, 2.45) is 5.92 Å². The lowest BCUT2D eigenvalue weighted by atomic mass is 10.3. The molecule has 2 unspecified atom stereocenters. The Morgan fingerprint density at radius 3 is 3.13 bits per heavy atom. The summed E-state index contributed by atoms with van der Waals surface area (Å²) in [5.41, 5.74) is -0.247. The molecule has 0 spiro atoms. The summed E-state index contributed by atoms with van der Waals surface area (Å²) in [5, 5.41) is 3.22. The average molecular weight is 209 g/mol. The molecule has 15 heavy (non-hydrogen) atoms. The predicted molar refractivity (Wildman–Crippen MR) is 57.2 cm³/mol. The number of aromatic amines is 1. The van der Waals surface area contributed by atoms with Crippen LogP contribution in [0.1, 0.15) is 19.8 Å². The van der Waals surface area contributed by atoms with Gasteiger partial charge in [0.25, 0.3) is 5.56 Å². The second-order valence-corrected chi connectivity index (χ2v) is 3.77. The molecule has 1 aliphatic carbocycles. The van der Waals surface area contributed by atoms with Gasteiger partial charge < -0.3 is 15.0 Å². The highest BCUT2D eigenvalue weighted by Gasteiger charge is 2.36. The predicted octanol–water partition coefficient (Wildman–Crippen LogP) is 0.989. The van der Waals surface area contributed by atoms with Gasteiger partial charge in [-0.05, 0) is 12.3 Å². The van der Waals surface area contributed by atoms with E-state index in [1.54, 1.807) is 0 Å². The third-order valence-corrected chi connectivity index (χ3v) is 2.78. The largest absolute Gasteiger partial charge is 0.489 e. The van der Waals surface area contributed by atoms with Crippen molar-refractivity contribution in [3.8, 4) is 5.75 Å². The molecule has 0 aromatic carbocycles. The molecule has 1 saturated carbocycles. The first-order valence-corrected chi connectivity index (χ1v) is 5.14. The van der Waals surface area contributed by atoms with Crippen molar-refractivity contribution >= 4 is 5.82 Å². The van der Waals surface area contributed by atoms with E-state index in [-0.39, 0.29) is 11.3 Å². The van der Waals surface area contributed by atoms with Gasteiger partial charge in [-0.2, -0.15) is 0 Å². The summed E-state index contributed by atoms with van der Waals surface area (Å²) in [4.78, 5) is 17.9. The molecule has 1 aromatic rings. The monoisotopic (exact) mass is 209 g/mol. The molecule has 1 aliphatic rings. The summed E-state index contributed by atoms with van der Waals surface area (Å²) in [6.45, 7) is 2.16. The number of ether oxygens (including phenoxy) is 1. The van der Waals surface area contributed by atoms with E-state index in [0.717, 1.165) is 12.8 Å². The van der Waals surface area contributed by atoms with Crippen LogP contribution in [0.25, 0.3) is 0 Å². The number of anilines is 1. The van der Waals surface area contributed by atoms with Crippen molar-refractivity contribution in [2.75, 3.05) is 12.4 Å². The van der Waals surface area contributed by atoms with Crippen LogP contribution in [0.2, 0.25) is 0 Å². The van der Waals surface area contributed by atoms with Crippen molar-refractivity contribution in [3.63, 3.8) is 0 Å². The van der Waals surface area contributed by atoms with Crippen LogP contribution in [0, 0.1) is 5.92 Å². The van der Waals surface area contributed by atoms with E-state index >= 15 is 0 Å². The Morgan fingerprint density at radius 2 is 2.53 bits per heavy atom. The Balaban J connectivity index is 2.14. The average Bonchev–Trinajstić information content (AvgIpc) is 2.97. The molecule has 0 saturated heterocycles. The van der Waals surface area contributed by atoms with E-state index in [4.69, 9.17) is 4.74 Å². The molecule has 82 valence electrons. The normalized spacial score (nSPS) is 23.6. The fourth-order valence-corrected chi connectivity index (χ4v) is 1.73. The first-order valence-electron chi connectivity index (χ1n) is 5.14. The summed E-state index contributed by atoms with van der Waals surface area (Å²) >= 11 is 0. The zero-order chi connectivity index (χ0) is 10.8. The minimum Gasteiger partial charge on any atom is -0.489 e. The van der Waals surface area contributed by atoms with Gasteiger partial charge in [0.1, 0.15) is 0 Å². The third-order valence-electron chi connectivity index (χ3n) is 2.78. The van der Waals surface area contributed by atoms with Gasteiger partial charge in [-0.1, -0.05) is 13.3 Å². The van der Waals surface area contributed by atoms with Crippen LogP contribution < -0.4 is 15.6 Å². The molecule has 0 bridgehead atoms. The number of rotatable bonds is 4. The van der Waals surface area contributed by atoms with Crippen LogP contribution >= 0.6 is 0 Å². The minimum atomic E-state index is -0.247. The highest BCUT2D eigenvalue weighted by Crippen LogP contribution is 2.36. The fourth-order valence-electron chi connectivity index (χ4n) is 1.73. The number of methoxy groups -OCH3 is 1. The molecular weight excluding hydrogens is 194 g/mol. The molecule has 2 N–H and O–H groups in total. The van der Waals surface area contributed by atoms with Gasteiger partial charge in [0.15, 0.2) is 5.82 Å². The van der Waals surface area contributed by atoms with E-state index < -0.39 is 0 Å². The Labute approximate surface area is 87.9 Å². The van der Waals surface area contributed by atoms with Crippen molar-refractivity contribution in [1.29, 1.82) is 0 Å². The lowest BCUT2D eigenvalue weighted by Gasteiger charge is -2.07. The Hall–Kier alpha value is -1.52. The SMILES string of the molecule is CCC1CC1Nc1nc[nH]c(=O)c1OC. The number of aromatic nitrogens is 2. The maximum atomic E-state index is 11.4. The topological polar surface area (TPSA) is 67.0 Å². The standard InChI is InChI=1S/C10H15N3O2/c1-3-6-4-7(6)13-9-8(15-2)10(14)12-5-11-9/h5-7H,3-4H2,1-2H3,(H2,11,12,13,14). The van der Waals surface area contributed by atoms with Crippen LogP contribution in [0.4, 0.5) is 5.82 Å². The number of H-pyrrole nitrogens is 1. The van der Waals surface area contributed by atoms with Crippen LogP contribution in [-0.2, 0) is 0 Å². The first-order chi connectivity index (χ1) is 7.26. The van der Waals surface area contributed by atoms with E-state index in [9.17, 15) is 4.79 Å². The molecule has 1 aromatic heterocycles. The second-order valence-electron chi connectivity index (χ2n) is 3.77. The molecule has 0 radical (unpaired) electrons. The molecular formula is C10H15N3O2. The molecule has 5 nitrogen and oxygen atoms in total. The Morgan fingerprint density at radius 1 is 1.73 bits per heavy atom. The van der Waals surface area contributed by atoms with Crippen molar-refractivity contribution in [2.45, 2.75) is 25.8 Å². The number of hydrogen-bond acceptors (Lipinski definition) is 4. The van der Waals surface area contributed by atoms with Gasteiger partial charge in [0, 0.05) is 6.04 Å². The maximum Gasteiger partial charge on any atom is 0.295 e. The van der Waals surface area contributed by atoms with Gasteiger partial charge in [-0.3, -0.25) is 4.79 Å². The number of nitrogens with zero attached hydrogens (tertiary/aromatic N) is 1. The number of hydrogen-bond donors (Lipinski definition) is 2. The van der Waals surface area contributed by atoms with Gasteiger partial charge >= 0.3 is 0 Å². The third kappa shape index (κ3) is 1.95. The summed E-state index contributed by atoms with van der Waals surface area (Å²) in [7, 11) is 1.47. The molecule has 0 amide bonds. The van der Waals surface area contributed by atoms with Crippen LogP contribution in [-0.4, -0.2) is 23.1 Å². The highest BCUT2D eigenvalue weighted by molar-refractivity contribution is 5.49. The molecule has 0 aliphatic heterocycles. The molecule has 5 heteroatoms. The van der Waals surface area contributed by atoms with E-state index in [0.29, 0.717) is 17.8 Å². The second kappa shape index (κ2) is 3.92. The summed E-state index contributed by atoms with van der Waals surface area (Å²) < 4.78 is 5.00. The van der Waals surface area contributed by atoms with Crippen molar-refractivity contribution in [3.05, 3.63) is 16.7 Å². The van der Waals surface area contributed by atoms with E-state index in [1.807, 2.05) is 0 Å². The van der Waals surface area contributed by atoms with Gasteiger partial charge in [0.2, 0.25) is 5.75 Å². The summed E-state index contributed by atoms with van der Waals surface area (Å²) in [6, 6.07) is 0.443. The van der Waals surface area contributed by atoms with Crippen LogP contribution in [0.15, 0.2) is 11.1 Å². The van der Waals surface area contributed by atoms with Crippen molar-refractivity contribution in [1.82, 2.24) is 9.97 Å². The fraction of sp³-hybridized carbons (Fsp3) is 0.600. The first kappa shape index (κ1) is 10.0. The zero-order valence-electron chi connectivity index (χ0n) is 8.91. The van der Waals surface area contributed by atoms with Gasteiger partial charge in [0.05, 0.1) is 13.4 Å². The quantitative estimate of drug-likeness (QED) is 0.776. The van der Waals surface area contributed by atoms with E-state index in [2.05, 4.69) is 22.2 Å². The van der Waals surface area contributed by atoms with Gasteiger partial charge in [-0.25, -0.2) is 4.98 Å². The molecule has 1 fully saturated rings. The smallest absolute Gasteiger partial charge is 0.295 e. The summed E-state index contributed by atoms with van der Waals surface area (Å²) in [5.74, 6) is 1.51. The van der Waals surface area contributed by atoms with Gasteiger partial charge in [-0.15, -0.1) is 0 Å². The lowest BCUT2D eigenvalue weighted by Crippen LogP contribution is -2.15. The maximum absolute atomic E-state index is 11.4. The van der Waals surface area contributed by atoms with Crippen LogP contribution in [0.5, 0.6) is 5.75 Å². The molecule has 1 heterocycles. The van der Waals surface area contributed by atoms with Crippen molar-refractivity contribution < 1.29 is 4.74 Å². The Kier molecular flexibility index (Phi) is 2.62. The highest BCUT2D eigenvalue weighted by atomic mass is 16.5. The lowest BCUT2D eigenvalue weighted by molar-refractivity contribution is 0.408. The number of nitrogens with one attached hydrogen (secondary N) is 2. The summed E-state index contributed by atoms with van der Waals surface area (Å²) in [6.07, 6.45) is 3.69. The molecule has 2 rings (SSSR count). The van der Waals surface area contributed by atoms with Crippen LogP contribution in [0.3, 0.4) is 0 Å². The molecule has 2 atom stereocenters. The minimum absolute atomic E-state index is 0.247.